The Hall–Kier alpha value is -1.98. The second kappa shape index (κ2) is 8.04. The molecule has 0 spiro atoms. The highest BCUT2D eigenvalue weighted by molar-refractivity contribution is 6.22. The predicted molar refractivity (Wildman–Crippen MR) is 115 cm³/mol. The number of benzene rings is 1. The highest BCUT2D eigenvalue weighted by Crippen LogP contribution is 2.49. The standard InChI is InChI=1S/C24H33N3O2/c1-5-25(6-2)12-13-26-15-17(4)20-16(3)14-19(26)21-22(20)24(29)27(23(21)28)18-10-8-7-9-11-18/h7-11,14,17,19-22H,5-6,12-13,15H2,1-4H3/t17-,19-,20+,21+,22+/m0/s1. The van der Waals surface area contributed by atoms with Crippen molar-refractivity contribution in [2.24, 2.45) is 23.7 Å². The summed E-state index contributed by atoms with van der Waals surface area (Å²) in [7, 11) is 0. The molecule has 3 aliphatic heterocycles. The predicted octanol–water partition coefficient (Wildman–Crippen LogP) is 3.03. The molecule has 5 nitrogen and oxygen atoms in total. The van der Waals surface area contributed by atoms with E-state index < -0.39 is 0 Å². The SMILES string of the molecule is CCN(CC)CCN1C[C@H](C)[C@H]2C(C)=C[C@H]1[C@H]1C(=O)N(c3ccccc3)C(=O)[C@H]21. The van der Waals surface area contributed by atoms with Gasteiger partial charge in [0.1, 0.15) is 0 Å². The molecule has 2 saturated heterocycles. The molecule has 156 valence electrons. The van der Waals surface area contributed by atoms with E-state index in [4.69, 9.17) is 0 Å². The minimum absolute atomic E-state index is 0.00825. The van der Waals surface area contributed by atoms with Gasteiger partial charge < -0.3 is 4.90 Å². The quantitative estimate of drug-likeness (QED) is 0.549. The number of para-hydroxylation sites is 1. The maximum absolute atomic E-state index is 13.5. The molecule has 5 rings (SSSR count). The van der Waals surface area contributed by atoms with Crippen molar-refractivity contribution in [3.8, 4) is 0 Å². The molecule has 29 heavy (non-hydrogen) atoms. The van der Waals surface area contributed by atoms with Crippen molar-refractivity contribution < 1.29 is 9.59 Å². The summed E-state index contributed by atoms with van der Waals surface area (Å²) >= 11 is 0. The molecule has 0 N–H and O–H groups in total. The Morgan fingerprint density at radius 2 is 1.66 bits per heavy atom. The van der Waals surface area contributed by atoms with Crippen LogP contribution in [0.2, 0.25) is 0 Å². The molecular weight excluding hydrogens is 362 g/mol. The Balaban J connectivity index is 1.68. The number of carbonyl (C=O) groups is 2. The monoisotopic (exact) mass is 395 g/mol. The average molecular weight is 396 g/mol. The number of amides is 2. The van der Waals surface area contributed by atoms with Crippen LogP contribution in [0, 0.1) is 23.7 Å². The summed E-state index contributed by atoms with van der Waals surface area (Å²) in [6.07, 6.45) is 2.29. The summed E-state index contributed by atoms with van der Waals surface area (Å²) in [5.74, 6) is -0.0162. The maximum Gasteiger partial charge on any atom is 0.239 e. The van der Waals surface area contributed by atoms with E-state index in [1.54, 1.807) is 0 Å². The van der Waals surface area contributed by atoms with Crippen LogP contribution in [0.1, 0.15) is 27.7 Å². The van der Waals surface area contributed by atoms with Crippen LogP contribution in [0.25, 0.3) is 0 Å². The first-order valence-corrected chi connectivity index (χ1v) is 11.1. The first-order chi connectivity index (χ1) is 14.0. The number of imide groups is 1. The van der Waals surface area contributed by atoms with Crippen LogP contribution in [0.15, 0.2) is 42.0 Å². The van der Waals surface area contributed by atoms with Crippen LogP contribution >= 0.6 is 0 Å². The number of likely N-dealkylation sites (N-methyl/N-ethyl adjacent to an activating group) is 1. The van der Waals surface area contributed by atoms with Crippen LogP contribution in [0.3, 0.4) is 0 Å². The molecule has 1 aliphatic carbocycles. The molecule has 5 atom stereocenters. The summed E-state index contributed by atoms with van der Waals surface area (Å²) in [6, 6.07) is 9.44. The topological polar surface area (TPSA) is 43.9 Å². The minimum atomic E-state index is -0.266. The number of hydrogen-bond acceptors (Lipinski definition) is 4. The molecule has 2 bridgehead atoms. The molecule has 0 saturated carbocycles. The molecule has 2 fully saturated rings. The first kappa shape index (κ1) is 20.3. The molecule has 3 heterocycles. The Kier molecular flexibility index (Phi) is 5.63. The third kappa shape index (κ3) is 3.34. The van der Waals surface area contributed by atoms with Crippen molar-refractivity contribution >= 4 is 17.5 Å². The number of anilines is 1. The molecule has 4 aliphatic rings. The summed E-state index contributed by atoms with van der Waals surface area (Å²) in [4.78, 5) is 33.4. The van der Waals surface area contributed by atoms with Crippen molar-refractivity contribution in [1.82, 2.24) is 9.80 Å². The van der Waals surface area contributed by atoms with Gasteiger partial charge in [0.25, 0.3) is 0 Å². The van der Waals surface area contributed by atoms with E-state index >= 15 is 0 Å². The first-order valence-electron chi connectivity index (χ1n) is 11.1. The Labute approximate surface area is 174 Å². The molecular formula is C24H33N3O2. The van der Waals surface area contributed by atoms with Crippen LogP contribution in [-0.2, 0) is 9.59 Å². The molecule has 2 amide bonds. The molecule has 0 radical (unpaired) electrons. The Bertz CT molecular complexity index is 802. The summed E-state index contributed by atoms with van der Waals surface area (Å²) in [6.45, 7) is 13.7. The summed E-state index contributed by atoms with van der Waals surface area (Å²) in [5, 5.41) is 0. The maximum atomic E-state index is 13.5. The number of carbonyl (C=O) groups excluding carboxylic acids is 2. The minimum Gasteiger partial charge on any atom is -0.303 e. The number of nitrogens with zero attached hydrogens (tertiary/aromatic N) is 3. The third-order valence-electron chi connectivity index (χ3n) is 7.28. The van der Waals surface area contributed by atoms with Crippen molar-refractivity contribution in [2.45, 2.75) is 33.7 Å². The highest BCUT2D eigenvalue weighted by Gasteiger charge is 2.59. The lowest BCUT2D eigenvalue weighted by atomic mass is 9.68. The molecule has 1 aromatic rings. The van der Waals surface area contributed by atoms with Gasteiger partial charge in [-0.15, -0.1) is 0 Å². The Morgan fingerprint density at radius 1 is 1.00 bits per heavy atom. The highest BCUT2D eigenvalue weighted by atomic mass is 16.2. The van der Waals surface area contributed by atoms with Gasteiger partial charge in [-0.05, 0) is 44.0 Å². The molecule has 5 heteroatoms. The van der Waals surface area contributed by atoms with Gasteiger partial charge in [0, 0.05) is 25.7 Å². The lowest BCUT2D eigenvalue weighted by molar-refractivity contribution is -0.123. The second-order valence-electron chi connectivity index (χ2n) is 8.83. The fourth-order valence-electron chi connectivity index (χ4n) is 5.84. The van der Waals surface area contributed by atoms with Crippen molar-refractivity contribution in [2.75, 3.05) is 37.6 Å². The van der Waals surface area contributed by atoms with Gasteiger partial charge in [0.15, 0.2) is 0 Å². The van der Waals surface area contributed by atoms with E-state index in [1.807, 2.05) is 30.3 Å². The zero-order chi connectivity index (χ0) is 20.7. The van der Waals surface area contributed by atoms with Crippen molar-refractivity contribution in [3.63, 3.8) is 0 Å². The lowest BCUT2D eigenvalue weighted by Crippen LogP contribution is -2.47. The van der Waals surface area contributed by atoms with E-state index in [9.17, 15) is 9.59 Å². The molecule has 1 aromatic carbocycles. The van der Waals surface area contributed by atoms with Gasteiger partial charge in [-0.2, -0.15) is 0 Å². The van der Waals surface area contributed by atoms with Crippen LogP contribution < -0.4 is 4.90 Å². The summed E-state index contributed by atoms with van der Waals surface area (Å²) in [5.41, 5.74) is 1.99. The zero-order valence-corrected chi connectivity index (χ0v) is 18.0. The van der Waals surface area contributed by atoms with Crippen molar-refractivity contribution in [1.29, 1.82) is 0 Å². The fraction of sp³-hybridized carbons (Fsp3) is 0.583. The number of hydrogen-bond donors (Lipinski definition) is 0. The van der Waals surface area contributed by atoms with Gasteiger partial charge in [0.05, 0.1) is 17.5 Å². The van der Waals surface area contributed by atoms with Gasteiger partial charge in [-0.25, -0.2) is 4.90 Å². The van der Waals surface area contributed by atoms with Gasteiger partial charge in [-0.3, -0.25) is 14.5 Å². The zero-order valence-electron chi connectivity index (χ0n) is 18.0. The summed E-state index contributed by atoms with van der Waals surface area (Å²) < 4.78 is 0. The van der Waals surface area contributed by atoms with Crippen molar-refractivity contribution in [3.05, 3.63) is 42.0 Å². The largest absolute Gasteiger partial charge is 0.303 e. The van der Waals surface area contributed by atoms with E-state index in [-0.39, 0.29) is 35.6 Å². The number of fused-ring (bicyclic) bond motifs is 2. The van der Waals surface area contributed by atoms with Crippen LogP contribution in [0.4, 0.5) is 5.69 Å². The van der Waals surface area contributed by atoms with Gasteiger partial charge >= 0.3 is 0 Å². The van der Waals surface area contributed by atoms with Crippen LogP contribution in [-0.4, -0.2) is 60.4 Å². The van der Waals surface area contributed by atoms with Gasteiger partial charge in [-0.1, -0.05) is 50.6 Å². The molecule has 0 aromatic heterocycles. The third-order valence-corrected chi connectivity index (χ3v) is 7.28. The number of rotatable bonds is 6. The lowest BCUT2D eigenvalue weighted by Gasteiger charge is -2.36. The van der Waals surface area contributed by atoms with E-state index in [1.165, 1.54) is 10.5 Å². The van der Waals surface area contributed by atoms with Crippen LogP contribution in [0.5, 0.6) is 0 Å². The normalized spacial score (nSPS) is 32.0. The fourth-order valence-corrected chi connectivity index (χ4v) is 5.84. The average Bonchev–Trinajstić information content (AvgIpc) is 2.83. The number of allylic oxidation sites excluding steroid dienone is 1. The second-order valence-corrected chi connectivity index (χ2v) is 8.83. The van der Waals surface area contributed by atoms with E-state index in [0.29, 0.717) is 11.6 Å². The molecule has 0 unspecified atom stereocenters. The Morgan fingerprint density at radius 3 is 2.31 bits per heavy atom. The van der Waals surface area contributed by atoms with Gasteiger partial charge in [0.2, 0.25) is 11.8 Å². The smallest absolute Gasteiger partial charge is 0.239 e. The van der Waals surface area contributed by atoms with E-state index in [0.717, 1.165) is 32.7 Å². The van der Waals surface area contributed by atoms with E-state index in [2.05, 4.69) is 43.6 Å².